The first-order valence-corrected chi connectivity index (χ1v) is 13.8. The molecule has 0 radical (unpaired) electrons. The van der Waals surface area contributed by atoms with Gasteiger partial charge in [0, 0.05) is 29.4 Å². The lowest BCUT2D eigenvalue weighted by Gasteiger charge is -2.27. The quantitative estimate of drug-likeness (QED) is 0.265. The van der Waals surface area contributed by atoms with Gasteiger partial charge in [0.2, 0.25) is 0 Å². The summed E-state index contributed by atoms with van der Waals surface area (Å²) in [6.07, 6.45) is 4.43. The van der Waals surface area contributed by atoms with Crippen molar-refractivity contribution in [3.63, 3.8) is 0 Å². The molecule has 0 fully saturated rings. The number of hydrogen-bond acceptors (Lipinski definition) is 3. The summed E-state index contributed by atoms with van der Waals surface area (Å²) in [5.74, 6) is -0.623. The van der Waals surface area contributed by atoms with Gasteiger partial charge >= 0.3 is 0 Å². The van der Waals surface area contributed by atoms with E-state index in [-0.39, 0.29) is 33.9 Å². The first-order valence-electron chi connectivity index (χ1n) is 13.8. The van der Waals surface area contributed by atoms with E-state index in [0.717, 1.165) is 31.2 Å². The molecule has 0 unspecified atom stereocenters. The third kappa shape index (κ3) is 7.03. The number of rotatable bonds is 11. The normalized spacial score (nSPS) is 11.7. The third-order valence-electron chi connectivity index (χ3n) is 8.26. The van der Waals surface area contributed by atoms with Gasteiger partial charge < -0.3 is 10.2 Å². The minimum absolute atomic E-state index is 0.199. The molecule has 1 N–H and O–H groups in total. The minimum atomic E-state index is -0.378. The summed E-state index contributed by atoms with van der Waals surface area (Å²) in [7, 11) is 1.68. The van der Waals surface area contributed by atoms with E-state index in [4.69, 9.17) is 0 Å². The lowest BCUT2D eigenvalue weighted by Crippen LogP contribution is -2.42. The van der Waals surface area contributed by atoms with Crippen LogP contribution in [0.5, 0.6) is 0 Å². The molecule has 2 amide bonds. The molecular weight excluding hydrogens is 484 g/mol. The predicted molar refractivity (Wildman–Crippen MR) is 160 cm³/mol. The second-order valence-electron chi connectivity index (χ2n) is 11.3. The number of amides is 2. The largest absolute Gasteiger partial charge is 0.347 e. The Kier molecular flexibility index (Phi) is 9.49. The first-order chi connectivity index (χ1) is 18.5. The van der Waals surface area contributed by atoms with Crippen molar-refractivity contribution in [2.75, 3.05) is 11.9 Å². The highest BCUT2D eigenvalue weighted by molar-refractivity contribution is 6.11. The van der Waals surface area contributed by atoms with Gasteiger partial charge in [-0.05, 0) is 85.9 Å². The van der Waals surface area contributed by atoms with E-state index in [0.29, 0.717) is 17.5 Å². The minimum Gasteiger partial charge on any atom is -0.347 e. The second-order valence-corrected chi connectivity index (χ2v) is 11.3. The van der Waals surface area contributed by atoms with Crippen LogP contribution in [0, 0.1) is 0 Å². The summed E-state index contributed by atoms with van der Waals surface area (Å²) in [4.78, 5) is 39.4. The fourth-order valence-corrected chi connectivity index (χ4v) is 4.51. The second kappa shape index (κ2) is 12.4. The number of nitrogens with one attached hydrogen (secondary N) is 1. The Morgan fingerprint density at radius 2 is 1.38 bits per heavy atom. The van der Waals surface area contributed by atoms with Crippen molar-refractivity contribution >= 4 is 23.8 Å². The molecule has 0 aliphatic heterocycles. The van der Waals surface area contributed by atoms with E-state index >= 15 is 0 Å². The van der Waals surface area contributed by atoms with Gasteiger partial charge in [-0.2, -0.15) is 0 Å². The van der Waals surface area contributed by atoms with Crippen molar-refractivity contribution in [3.05, 3.63) is 100 Å². The van der Waals surface area contributed by atoms with E-state index in [1.54, 1.807) is 13.1 Å². The summed E-state index contributed by atoms with van der Waals surface area (Å²) >= 11 is 0. The molecule has 39 heavy (non-hydrogen) atoms. The summed E-state index contributed by atoms with van der Waals surface area (Å²) in [6, 6.07) is 21.4. The number of aldehydes is 1. The van der Waals surface area contributed by atoms with Crippen LogP contribution in [0.15, 0.2) is 66.7 Å². The lowest BCUT2D eigenvalue weighted by molar-refractivity contribution is 0.0910. The van der Waals surface area contributed by atoms with Crippen molar-refractivity contribution in [3.8, 4) is 0 Å². The molecule has 5 heteroatoms. The molecule has 0 aliphatic rings. The third-order valence-corrected chi connectivity index (χ3v) is 8.26. The molecule has 0 bridgehead atoms. The van der Waals surface area contributed by atoms with Crippen LogP contribution in [0.2, 0.25) is 0 Å². The van der Waals surface area contributed by atoms with Crippen molar-refractivity contribution < 1.29 is 14.4 Å². The summed E-state index contributed by atoms with van der Waals surface area (Å²) in [5, 5.41) is 2.98. The Morgan fingerprint density at radius 1 is 0.821 bits per heavy atom. The van der Waals surface area contributed by atoms with Crippen LogP contribution in [0.4, 0.5) is 5.69 Å². The van der Waals surface area contributed by atoms with E-state index in [1.807, 2.05) is 45.0 Å². The zero-order valence-electron chi connectivity index (χ0n) is 24.4. The fourth-order valence-electron chi connectivity index (χ4n) is 4.51. The highest BCUT2D eigenvalue weighted by atomic mass is 16.2. The monoisotopic (exact) mass is 526 g/mol. The average Bonchev–Trinajstić information content (AvgIpc) is 2.96. The Hall–Kier alpha value is -3.73. The Labute approximate surface area is 233 Å². The van der Waals surface area contributed by atoms with E-state index in [2.05, 4.69) is 50.4 Å². The number of nitrogens with zero attached hydrogens (tertiary/aromatic N) is 1. The zero-order chi connectivity index (χ0) is 28.8. The maximum atomic E-state index is 13.4. The van der Waals surface area contributed by atoms with Crippen molar-refractivity contribution in [2.45, 2.75) is 78.2 Å². The van der Waals surface area contributed by atoms with Gasteiger partial charge in [0.1, 0.15) is 0 Å². The Bertz CT molecular complexity index is 1300. The van der Waals surface area contributed by atoms with Crippen LogP contribution in [0.3, 0.4) is 0 Å². The molecule has 3 aromatic rings. The van der Waals surface area contributed by atoms with Gasteiger partial charge in [-0.3, -0.25) is 14.4 Å². The maximum absolute atomic E-state index is 13.4. The van der Waals surface area contributed by atoms with Crippen molar-refractivity contribution in [1.29, 1.82) is 0 Å². The molecule has 3 aromatic carbocycles. The van der Waals surface area contributed by atoms with Crippen molar-refractivity contribution in [1.82, 2.24) is 5.32 Å². The average molecular weight is 527 g/mol. The van der Waals surface area contributed by atoms with Crippen LogP contribution < -0.4 is 10.2 Å². The number of carbonyl (C=O) groups excluding carboxylic acids is 3. The van der Waals surface area contributed by atoms with Crippen LogP contribution in [0.25, 0.3) is 0 Å². The molecule has 0 saturated carbocycles. The van der Waals surface area contributed by atoms with Crippen LogP contribution >= 0.6 is 0 Å². The molecule has 0 spiro atoms. The number of carbonyl (C=O) groups is 3. The summed E-state index contributed by atoms with van der Waals surface area (Å²) < 4.78 is 0. The van der Waals surface area contributed by atoms with Gasteiger partial charge in [-0.15, -0.1) is 0 Å². The van der Waals surface area contributed by atoms with Crippen LogP contribution in [0.1, 0.15) is 109 Å². The van der Waals surface area contributed by atoms with Gasteiger partial charge in [0.05, 0.1) is 5.56 Å². The lowest BCUT2D eigenvalue weighted by atomic mass is 9.77. The molecule has 5 nitrogen and oxygen atoms in total. The van der Waals surface area contributed by atoms with Gasteiger partial charge in [-0.1, -0.05) is 70.2 Å². The zero-order valence-corrected chi connectivity index (χ0v) is 24.4. The molecule has 206 valence electrons. The molecule has 0 aliphatic carbocycles. The van der Waals surface area contributed by atoms with Gasteiger partial charge in [-0.25, -0.2) is 0 Å². The van der Waals surface area contributed by atoms with Crippen LogP contribution in [-0.4, -0.2) is 30.7 Å². The predicted octanol–water partition coefficient (Wildman–Crippen LogP) is 7.36. The smallest absolute Gasteiger partial charge is 0.258 e. The molecular formula is C34H42N2O3. The SMILES string of the molecule is CCC(C)(C)NC(=O)c1ccc(C=O)c(C(=O)N(C)c2ccc(Cc3ccc(C(C)(CC)CC)cc3)cc2)c1. The first kappa shape index (κ1) is 29.8. The Morgan fingerprint density at radius 3 is 1.90 bits per heavy atom. The maximum Gasteiger partial charge on any atom is 0.258 e. The Balaban J connectivity index is 1.76. The number of hydrogen-bond donors (Lipinski definition) is 1. The highest BCUT2D eigenvalue weighted by Crippen LogP contribution is 2.31. The van der Waals surface area contributed by atoms with Gasteiger partial charge in [0.15, 0.2) is 6.29 Å². The topological polar surface area (TPSA) is 66.5 Å². The number of anilines is 1. The van der Waals surface area contributed by atoms with Crippen LogP contribution in [-0.2, 0) is 11.8 Å². The molecule has 0 aromatic heterocycles. The standard InChI is InChI=1S/C34H42N2O3/c1-8-33(4,5)35-31(38)26-15-16-27(23-37)30(22-26)32(39)36(7)29-19-13-25(14-20-29)21-24-11-17-28(18-12-24)34(6,9-2)10-3/h11-20,22-23H,8-10,21H2,1-7H3,(H,35,38). The number of benzene rings is 3. The molecule has 0 heterocycles. The van der Waals surface area contributed by atoms with Crippen molar-refractivity contribution in [2.24, 2.45) is 0 Å². The molecule has 0 saturated heterocycles. The van der Waals surface area contributed by atoms with E-state index < -0.39 is 0 Å². The highest BCUT2D eigenvalue weighted by Gasteiger charge is 2.23. The van der Waals surface area contributed by atoms with Gasteiger partial charge in [0.25, 0.3) is 11.8 Å². The fraction of sp³-hybridized carbons (Fsp3) is 0.382. The molecule has 3 rings (SSSR count). The molecule has 0 atom stereocenters. The summed E-state index contributed by atoms with van der Waals surface area (Å²) in [6.45, 7) is 12.7. The van der Waals surface area contributed by atoms with E-state index in [1.165, 1.54) is 28.2 Å². The summed E-state index contributed by atoms with van der Waals surface area (Å²) in [5.41, 5.74) is 5.09. The van der Waals surface area contributed by atoms with E-state index in [9.17, 15) is 14.4 Å².